The van der Waals surface area contributed by atoms with Crippen molar-refractivity contribution in [1.82, 2.24) is 15.5 Å². The zero-order chi connectivity index (χ0) is 15.5. The Hall–Kier alpha value is -0.810. The number of aliphatic imine (C=N–C) groups is 1. The van der Waals surface area contributed by atoms with E-state index in [9.17, 15) is 0 Å². The zero-order valence-electron chi connectivity index (χ0n) is 14.3. The molecular formula is C16H34N4O. The highest BCUT2D eigenvalue weighted by molar-refractivity contribution is 5.79. The summed E-state index contributed by atoms with van der Waals surface area (Å²) in [6, 6.07) is 0.555. The number of nitrogens with zero attached hydrogens (tertiary/aromatic N) is 2. The summed E-state index contributed by atoms with van der Waals surface area (Å²) in [5, 5.41) is 6.76. The van der Waals surface area contributed by atoms with Gasteiger partial charge in [0, 0.05) is 39.4 Å². The van der Waals surface area contributed by atoms with E-state index in [0.29, 0.717) is 6.04 Å². The molecule has 1 atom stereocenters. The number of piperidine rings is 1. The predicted molar refractivity (Wildman–Crippen MR) is 89.9 cm³/mol. The quantitative estimate of drug-likeness (QED) is 0.407. The summed E-state index contributed by atoms with van der Waals surface area (Å²) in [6.07, 6.45) is 3.66. The topological polar surface area (TPSA) is 48.9 Å². The second-order valence-electron chi connectivity index (χ2n) is 6.00. The maximum atomic E-state index is 5.33. The minimum atomic E-state index is 0.555. The lowest BCUT2D eigenvalue weighted by Crippen LogP contribution is -2.48. The lowest BCUT2D eigenvalue weighted by Gasteiger charge is -2.35. The largest absolute Gasteiger partial charge is 0.382 e. The van der Waals surface area contributed by atoms with Crippen LogP contribution in [0.15, 0.2) is 4.99 Å². The number of hydrogen-bond donors (Lipinski definition) is 2. The average molecular weight is 298 g/mol. The summed E-state index contributed by atoms with van der Waals surface area (Å²) in [7, 11) is 1.82. The maximum absolute atomic E-state index is 5.33. The Kier molecular flexibility index (Phi) is 9.42. The van der Waals surface area contributed by atoms with Crippen molar-refractivity contribution in [3.8, 4) is 0 Å². The van der Waals surface area contributed by atoms with Gasteiger partial charge in [-0.2, -0.15) is 0 Å². The van der Waals surface area contributed by atoms with Crippen LogP contribution in [0.3, 0.4) is 0 Å². The van der Waals surface area contributed by atoms with Gasteiger partial charge in [0.15, 0.2) is 5.96 Å². The highest BCUT2D eigenvalue weighted by atomic mass is 16.5. The normalized spacial score (nSPS) is 19.5. The number of hydrogen-bond acceptors (Lipinski definition) is 3. The van der Waals surface area contributed by atoms with Gasteiger partial charge in [-0.1, -0.05) is 6.92 Å². The molecule has 0 aromatic heterocycles. The average Bonchev–Trinajstić information content (AvgIpc) is 2.50. The van der Waals surface area contributed by atoms with Gasteiger partial charge >= 0.3 is 0 Å². The first-order chi connectivity index (χ1) is 10.2. The molecular weight excluding hydrogens is 264 g/mol. The molecule has 0 aromatic rings. The molecule has 1 rings (SSSR count). The molecule has 0 amide bonds. The van der Waals surface area contributed by atoms with E-state index in [1.807, 2.05) is 14.0 Å². The van der Waals surface area contributed by atoms with E-state index in [-0.39, 0.29) is 0 Å². The van der Waals surface area contributed by atoms with E-state index in [4.69, 9.17) is 4.74 Å². The van der Waals surface area contributed by atoms with Gasteiger partial charge < -0.3 is 15.4 Å². The molecule has 5 nitrogen and oxygen atoms in total. The fourth-order valence-electron chi connectivity index (χ4n) is 2.59. The van der Waals surface area contributed by atoms with Crippen LogP contribution in [-0.4, -0.2) is 63.3 Å². The second kappa shape index (κ2) is 10.9. The van der Waals surface area contributed by atoms with Crippen LogP contribution in [-0.2, 0) is 4.74 Å². The Morgan fingerprint density at radius 3 is 2.67 bits per heavy atom. The number of ether oxygens (including phenoxy) is 1. The van der Waals surface area contributed by atoms with Crippen molar-refractivity contribution >= 4 is 5.96 Å². The van der Waals surface area contributed by atoms with Crippen LogP contribution in [0.2, 0.25) is 0 Å². The van der Waals surface area contributed by atoms with Gasteiger partial charge in [0.2, 0.25) is 0 Å². The lowest BCUT2D eigenvalue weighted by atomic mass is 9.98. The first-order valence-electron chi connectivity index (χ1n) is 8.43. The fourth-order valence-corrected chi connectivity index (χ4v) is 2.59. The molecule has 0 spiro atoms. The SMILES string of the molecule is CCOCCCNC(=NC)NCC(C)N1CCC(C)CC1. The molecule has 0 aromatic carbocycles. The van der Waals surface area contributed by atoms with Gasteiger partial charge in [0.25, 0.3) is 0 Å². The monoisotopic (exact) mass is 298 g/mol. The van der Waals surface area contributed by atoms with Crippen molar-refractivity contribution in [2.24, 2.45) is 10.9 Å². The van der Waals surface area contributed by atoms with Crippen molar-refractivity contribution < 1.29 is 4.74 Å². The molecule has 5 heteroatoms. The first kappa shape index (κ1) is 18.2. The summed E-state index contributed by atoms with van der Waals surface area (Å²) in [5.41, 5.74) is 0. The van der Waals surface area contributed by atoms with Crippen LogP contribution >= 0.6 is 0 Å². The van der Waals surface area contributed by atoms with Crippen LogP contribution in [0.25, 0.3) is 0 Å². The van der Waals surface area contributed by atoms with Gasteiger partial charge in [-0.3, -0.25) is 9.89 Å². The minimum absolute atomic E-state index is 0.555. The van der Waals surface area contributed by atoms with Crippen molar-refractivity contribution in [3.63, 3.8) is 0 Å². The predicted octanol–water partition coefficient (Wildman–Crippen LogP) is 1.70. The summed E-state index contributed by atoms with van der Waals surface area (Å²) < 4.78 is 5.33. The number of likely N-dealkylation sites (tertiary alicyclic amines) is 1. The molecule has 21 heavy (non-hydrogen) atoms. The molecule has 1 aliphatic heterocycles. The Morgan fingerprint density at radius 1 is 1.33 bits per heavy atom. The molecule has 1 fully saturated rings. The zero-order valence-corrected chi connectivity index (χ0v) is 14.3. The highest BCUT2D eigenvalue weighted by Gasteiger charge is 2.20. The molecule has 2 N–H and O–H groups in total. The highest BCUT2D eigenvalue weighted by Crippen LogP contribution is 2.17. The van der Waals surface area contributed by atoms with Gasteiger partial charge in [0.1, 0.15) is 0 Å². The Balaban J connectivity index is 2.15. The first-order valence-corrected chi connectivity index (χ1v) is 8.43. The third-order valence-electron chi connectivity index (χ3n) is 4.19. The second-order valence-corrected chi connectivity index (χ2v) is 6.00. The van der Waals surface area contributed by atoms with Gasteiger partial charge in [0.05, 0.1) is 0 Å². The van der Waals surface area contributed by atoms with Crippen LogP contribution in [0.1, 0.15) is 40.0 Å². The standard InChI is InChI=1S/C16H34N4O/c1-5-21-12-6-9-18-16(17-4)19-13-15(3)20-10-7-14(2)8-11-20/h14-15H,5-13H2,1-4H3,(H2,17,18,19). The van der Waals surface area contributed by atoms with E-state index in [1.165, 1.54) is 25.9 Å². The number of nitrogens with one attached hydrogen (secondary N) is 2. The summed E-state index contributed by atoms with van der Waals surface area (Å²) in [4.78, 5) is 6.85. The fraction of sp³-hybridized carbons (Fsp3) is 0.938. The maximum Gasteiger partial charge on any atom is 0.191 e. The summed E-state index contributed by atoms with van der Waals surface area (Å²) in [6.45, 7) is 12.6. The van der Waals surface area contributed by atoms with E-state index in [1.54, 1.807) is 0 Å². The smallest absolute Gasteiger partial charge is 0.191 e. The summed E-state index contributed by atoms with van der Waals surface area (Å²) >= 11 is 0. The third-order valence-corrected chi connectivity index (χ3v) is 4.19. The van der Waals surface area contributed by atoms with Crippen molar-refractivity contribution in [1.29, 1.82) is 0 Å². The molecule has 1 unspecified atom stereocenters. The lowest BCUT2D eigenvalue weighted by molar-refractivity contribution is 0.145. The Bertz CT molecular complexity index is 288. The van der Waals surface area contributed by atoms with Gasteiger partial charge in [-0.25, -0.2) is 0 Å². The van der Waals surface area contributed by atoms with Crippen molar-refractivity contribution in [2.75, 3.05) is 46.4 Å². The van der Waals surface area contributed by atoms with Crippen molar-refractivity contribution in [2.45, 2.75) is 46.1 Å². The van der Waals surface area contributed by atoms with Crippen LogP contribution in [0.4, 0.5) is 0 Å². The molecule has 1 heterocycles. The van der Waals surface area contributed by atoms with E-state index >= 15 is 0 Å². The third kappa shape index (κ3) is 7.67. The number of guanidine groups is 1. The van der Waals surface area contributed by atoms with E-state index in [0.717, 1.165) is 44.6 Å². The minimum Gasteiger partial charge on any atom is -0.382 e. The molecule has 124 valence electrons. The molecule has 0 radical (unpaired) electrons. The van der Waals surface area contributed by atoms with E-state index in [2.05, 4.69) is 34.4 Å². The van der Waals surface area contributed by atoms with Crippen LogP contribution in [0.5, 0.6) is 0 Å². The van der Waals surface area contributed by atoms with Crippen LogP contribution in [0, 0.1) is 5.92 Å². The molecule has 0 saturated carbocycles. The molecule has 0 aliphatic carbocycles. The summed E-state index contributed by atoms with van der Waals surface area (Å²) in [5.74, 6) is 1.78. The number of rotatable bonds is 8. The van der Waals surface area contributed by atoms with Gasteiger partial charge in [-0.15, -0.1) is 0 Å². The Labute approximate surface area is 130 Å². The molecule has 1 saturated heterocycles. The van der Waals surface area contributed by atoms with Gasteiger partial charge in [-0.05, 0) is 52.1 Å². The van der Waals surface area contributed by atoms with E-state index < -0.39 is 0 Å². The van der Waals surface area contributed by atoms with Crippen LogP contribution < -0.4 is 10.6 Å². The van der Waals surface area contributed by atoms with Crippen molar-refractivity contribution in [3.05, 3.63) is 0 Å². The molecule has 1 aliphatic rings. The Morgan fingerprint density at radius 2 is 2.05 bits per heavy atom. The molecule has 0 bridgehead atoms.